The minimum atomic E-state index is -1.12. The minimum absolute atomic E-state index is 0.219. The lowest BCUT2D eigenvalue weighted by Crippen LogP contribution is -2.39. The van der Waals surface area contributed by atoms with Gasteiger partial charge in [-0.1, -0.05) is 48.5 Å². The predicted octanol–water partition coefficient (Wildman–Crippen LogP) is 2.92. The average Bonchev–Trinajstić information content (AvgIpc) is 3.29. The Balaban J connectivity index is 1.53. The van der Waals surface area contributed by atoms with Crippen LogP contribution in [0.4, 0.5) is 4.79 Å². The fourth-order valence-electron chi connectivity index (χ4n) is 3.98. The number of rotatable bonds is 5. The van der Waals surface area contributed by atoms with Crippen molar-refractivity contribution in [3.05, 3.63) is 83.7 Å². The number of hydrogen-bond donors (Lipinski definition) is 1. The second-order valence-electron chi connectivity index (χ2n) is 7.01. The smallest absolute Gasteiger partial charge is 0.345 e. The van der Waals surface area contributed by atoms with Crippen molar-refractivity contribution >= 4 is 12.0 Å². The Morgan fingerprint density at radius 3 is 2.48 bits per heavy atom. The molecule has 0 radical (unpaired) electrons. The van der Waals surface area contributed by atoms with Crippen molar-refractivity contribution in [1.29, 1.82) is 0 Å². The molecule has 1 N–H and O–H groups in total. The number of carboxylic acid groups (broad SMARTS) is 1. The highest BCUT2D eigenvalue weighted by Crippen LogP contribution is 2.44. The van der Waals surface area contributed by atoms with E-state index in [1.54, 1.807) is 10.9 Å². The molecule has 8 heteroatoms. The molecule has 2 atom stereocenters. The van der Waals surface area contributed by atoms with E-state index < -0.39 is 24.1 Å². The van der Waals surface area contributed by atoms with Crippen molar-refractivity contribution in [3.8, 4) is 5.69 Å². The predicted molar refractivity (Wildman–Crippen MR) is 102 cm³/mol. The molecule has 0 aliphatic carbocycles. The van der Waals surface area contributed by atoms with Gasteiger partial charge >= 0.3 is 12.0 Å². The first-order valence-corrected chi connectivity index (χ1v) is 9.28. The molecule has 0 saturated carbocycles. The quantitative estimate of drug-likeness (QED) is 0.724. The van der Waals surface area contributed by atoms with E-state index in [2.05, 4.69) is 5.10 Å². The van der Waals surface area contributed by atoms with Crippen LogP contribution in [-0.4, -0.2) is 43.4 Å². The fraction of sp³-hybridized carbons (Fsp3) is 0.190. The summed E-state index contributed by atoms with van der Waals surface area (Å²) in [5.74, 6) is -1.10. The van der Waals surface area contributed by atoms with E-state index in [0.717, 1.165) is 11.3 Å². The second-order valence-corrected chi connectivity index (χ2v) is 7.01. The van der Waals surface area contributed by atoms with Crippen LogP contribution in [0, 0.1) is 0 Å². The number of amides is 2. The van der Waals surface area contributed by atoms with Crippen molar-refractivity contribution in [1.82, 2.24) is 19.7 Å². The zero-order chi connectivity index (χ0) is 20.0. The Morgan fingerprint density at radius 1 is 1.10 bits per heavy atom. The fourth-order valence-corrected chi connectivity index (χ4v) is 3.98. The topological polar surface area (TPSA) is 87.9 Å². The third-order valence-electron chi connectivity index (χ3n) is 5.30. The molecule has 2 aliphatic heterocycles. The molecule has 146 valence electrons. The normalized spacial score (nSPS) is 20.1. The van der Waals surface area contributed by atoms with Gasteiger partial charge in [-0.15, -0.1) is 0 Å². The van der Waals surface area contributed by atoms with Crippen LogP contribution >= 0.6 is 0 Å². The lowest BCUT2D eigenvalue weighted by atomic mass is 9.98. The van der Waals surface area contributed by atoms with Gasteiger partial charge in [0.15, 0.2) is 6.04 Å². The molecule has 3 heterocycles. The maximum absolute atomic E-state index is 13.0. The molecule has 1 saturated heterocycles. The number of aromatic nitrogens is 2. The highest BCUT2D eigenvalue weighted by Gasteiger charge is 2.53. The number of fused-ring (bicyclic) bond motifs is 4. The summed E-state index contributed by atoms with van der Waals surface area (Å²) in [6.07, 6.45) is 1.64. The maximum atomic E-state index is 13.0. The Hall–Kier alpha value is -3.65. The van der Waals surface area contributed by atoms with E-state index in [1.807, 2.05) is 60.7 Å². The molecule has 29 heavy (non-hydrogen) atoms. The van der Waals surface area contributed by atoms with E-state index in [-0.39, 0.29) is 13.2 Å². The van der Waals surface area contributed by atoms with Gasteiger partial charge in [-0.3, -0.25) is 4.84 Å². The number of nitrogens with zero attached hydrogens (tertiary/aromatic N) is 4. The zero-order valence-corrected chi connectivity index (χ0v) is 15.4. The third-order valence-corrected chi connectivity index (χ3v) is 5.30. The molecule has 0 unspecified atom stereocenters. The number of carbonyl (C=O) groups excluding carboxylic acids is 1. The molecule has 2 bridgehead atoms. The van der Waals surface area contributed by atoms with Crippen molar-refractivity contribution in [3.63, 3.8) is 0 Å². The Morgan fingerprint density at radius 2 is 1.79 bits per heavy atom. The first kappa shape index (κ1) is 17.4. The third kappa shape index (κ3) is 2.76. The molecule has 2 amide bonds. The van der Waals surface area contributed by atoms with Gasteiger partial charge in [-0.25, -0.2) is 14.3 Å². The molecular formula is C21H18N4O4. The summed E-state index contributed by atoms with van der Waals surface area (Å²) < 4.78 is 1.60. The second kappa shape index (κ2) is 6.75. The lowest BCUT2D eigenvalue weighted by molar-refractivity contribution is -0.143. The first-order valence-electron chi connectivity index (χ1n) is 9.28. The van der Waals surface area contributed by atoms with Crippen LogP contribution in [0.3, 0.4) is 0 Å². The standard InChI is InChI=1S/C21H18N4O4/c26-20(27)19-18-16(11-22-24(18)15-9-5-2-6-10-15)17-12-23(19)21(28)25(17)29-13-14-7-3-1-4-8-14/h1-11,17,19H,12-13H2,(H,26,27)/t17-,19-/m0/s1. The van der Waals surface area contributed by atoms with Crippen LogP contribution in [-0.2, 0) is 16.2 Å². The summed E-state index contributed by atoms with van der Waals surface area (Å²) in [7, 11) is 0. The highest BCUT2D eigenvalue weighted by molar-refractivity contribution is 5.87. The van der Waals surface area contributed by atoms with Crippen LogP contribution < -0.4 is 0 Å². The number of urea groups is 1. The summed E-state index contributed by atoms with van der Waals surface area (Å²) >= 11 is 0. The van der Waals surface area contributed by atoms with E-state index in [0.29, 0.717) is 11.3 Å². The van der Waals surface area contributed by atoms with Gasteiger partial charge in [-0.2, -0.15) is 10.2 Å². The number of aliphatic carboxylic acids is 1. The molecule has 3 aromatic rings. The zero-order valence-electron chi connectivity index (χ0n) is 15.4. The van der Waals surface area contributed by atoms with Crippen LogP contribution in [0.15, 0.2) is 66.9 Å². The molecule has 8 nitrogen and oxygen atoms in total. The van der Waals surface area contributed by atoms with E-state index in [4.69, 9.17) is 4.84 Å². The highest BCUT2D eigenvalue weighted by atomic mass is 16.7. The van der Waals surface area contributed by atoms with Crippen molar-refractivity contribution < 1.29 is 19.5 Å². The maximum Gasteiger partial charge on any atom is 0.345 e. The van der Waals surface area contributed by atoms with Gasteiger partial charge in [0.05, 0.1) is 24.1 Å². The van der Waals surface area contributed by atoms with Gasteiger partial charge in [0.1, 0.15) is 12.6 Å². The van der Waals surface area contributed by atoms with Crippen LogP contribution in [0.5, 0.6) is 0 Å². The van der Waals surface area contributed by atoms with E-state index in [9.17, 15) is 14.7 Å². The summed E-state index contributed by atoms with van der Waals surface area (Å²) in [5, 5.41) is 15.6. The van der Waals surface area contributed by atoms with Gasteiger partial charge < -0.3 is 10.0 Å². The van der Waals surface area contributed by atoms with Crippen LogP contribution in [0.25, 0.3) is 5.69 Å². The van der Waals surface area contributed by atoms with Crippen LogP contribution in [0.2, 0.25) is 0 Å². The van der Waals surface area contributed by atoms with Crippen molar-refractivity contribution in [2.24, 2.45) is 0 Å². The lowest BCUT2D eigenvalue weighted by Gasteiger charge is -2.28. The van der Waals surface area contributed by atoms with E-state index >= 15 is 0 Å². The minimum Gasteiger partial charge on any atom is -0.479 e. The summed E-state index contributed by atoms with van der Waals surface area (Å²) in [5.41, 5.74) is 2.84. The van der Waals surface area contributed by atoms with Gasteiger partial charge in [-0.05, 0) is 17.7 Å². The molecule has 1 fully saturated rings. The molecule has 2 aliphatic rings. The Kier molecular flexibility index (Phi) is 4.06. The largest absolute Gasteiger partial charge is 0.479 e. The number of hydrogen-bond acceptors (Lipinski definition) is 4. The molecule has 5 rings (SSSR count). The summed E-state index contributed by atoms with van der Waals surface area (Å²) in [6, 6.07) is 16.8. The average molecular weight is 390 g/mol. The van der Waals surface area contributed by atoms with Gasteiger partial charge in [0, 0.05) is 5.56 Å². The number of carbonyl (C=O) groups is 2. The number of carboxylic acids is 1. The monoisotopic (exact) mass is 390 g/mol. The molecular weight excluding hydrogens is 372 g/mol. The molecule has 0 spiro atoms. The van der Waals surface area contributed by atoms with Gasteiger partial charge in [0.25, 0.3) is 0 Å². The summed E-state index contributed by atoms with van der Waals surface area (Å²) in [6.45, 7) is 0.467. The SMILES string of the molecule is O=C(O)[C@@H]1c2c(cnn2-c2ccccc2)[C@@H]2CN1C(=O)N2OCc1ccccc1. The van der Waals surface area contributed by atoms with Crippen molar-refractivity contribution in [2.75, 3.05) is 6.54 Å². The molecule has 2 aromatic carbocycles. The van der Waals surface area contributed by atoms with Gasteiger partial charge in [0.2, 0.25) is 0 Å². The Labute approximate surface area is 166 Å². The Bertz CT molecular complexity index is 1070. The number of hydroxylamine groups is 2. The molecule has 1 aromatic heterocycles. The van der Waals surface area contributed by atoms with Crippen LogP contribution in [0.1, 0.15) is 28.9 Å². The number of benzene rings is 2. The number of para-hydroxylation sites is 1. The summed E-state index contributed by atoms with van der Waals surface area (Å²) in [4.78, 5) is 32.3. The first-order chi connectivity index (χ1) is 14.1. The van der Waals surface area contributed by atoms with Crippen molar-refractivity contribution in [2.45, 2.75) is 18.7 Å². The van der Waals surface area contributed by atoms with E-state index in [1.165, 1.54) is 9.96 Å².